The van der Waals surface area contributed by atoms with Crippen LogP contribution >= 0.6 is 11.3 Å². The Kier molecular flexibility index (Phi) is 3.80. The molecule has 0 unspecified atom stereocenters. The molecule has 0 radical (unpaired) electrons. The SMILES string of the molecule is Cc1sc2nc(CNC(=O)CCc3n[nH]c(=O)[nH]3)cn2c1C. The molecule has 3 heterocycles. The Morgan fingerprint density at radius 2 is 2.27 bits per heavy atom. The molecule has 0 spiro atoms. The molecule has 3 N–H and O–H groups in total. The zero-order valence-corrected chi connectivity index (χ0v) is 13.1. The molecular weight excluding hydrogens is 304 g/mol. The Hall–Kier alpha value is -2.42. The van der Waals surface area contributed by atoms with Gasteiger partial charge in [-0.2, -0.15) is 5.10 Å². The lowest BCUT2D eigenvalue weighted by molar-refractivity contribution is -0.121. The van der Waals surface area contributed by atoms with Gasteiger partial charge in [-0.05, 0) is 13.8 Å². The molecule has 8 nitrogen and oxygen atoms in total. The van der Waals surface area contributed by atoms with E-state index >= 15 is 0 Å². The van der Waals surface area contributed by atoms with Crippen LogP contribution in [0.15, 0.2) is 11.0 Å². The number of imidazole rings is 1. The predicted octanol–water partition coefficient (Wildman–Crippen LogP) is 0.673. The van der Waals surface area contributed by atoms with Gasteiger partial charge < -0.3 is 5.32 Å². The van der Waals surface area contributed by atoms with Crippen molar-refractivity contribution < 1.29 is 4.79 Å². The van der Waals surface area contributed by atoms with Crippen molar-refractivity contribution in [2.24, 2.45) is 0 Å². The number of hydrogen-bond acceptors (Lipinski definition) is 5. The number of aromatic amines is 2. The van der Waals surface area contributed by atoms with Gasteiger partial charge >= 0.3 is 5.69 Å². The van der Waals surface area contributed by atoms with Crippen LogP contribution in [0.2, 0.25) is 0 Å². The van der Waals surface area contributed by atoms with Crippen LogP contribution in [0.25, 0.3) is 4.96 Å². The maximum Gasteiger partial charge on any atom is 0.340 e. The van der Waals surface area contributed by atoms with Gasteiger partial charge in [-0.25, -0.2) is 14.9 Å². The first-order valence-corrected chi connectivity index (χ1v) is 7.69. The number of amides is 1. The summed E-state index contributed by atoms with van der Waals surface area (Å²) in [7, 11) is 0. The van der Waals surface area contributed by atoms with Gasteiger partial charge in [-0.3, -0.25) is 14.2 Å². The summed E-state index contributed by atoms with van der Waals surface area (Å²) in [6, 6.07) is 0. The van der Waals surface area contributed by atoms with Crippen molar-refractivity contribution in [3.8, 4) is 0 Å². The van der Waals surface area contributed by atoms with Crippen LogP contribution < -0.4 is 11.0 Å². The standard InChI is InChI=1S/C13H16N6O2S/c1-7-8(2)22-13-15-9(6-19(7)13)5-14-11(20)4-3-10-16-12(21)18-17-10/h6H,3-5H2,1-2H3,(H,14,20)(H2,16,17,18,21). The third kappa shape index (κ3) is 2.93. The van der Waals surface area contributed by atoms with E-state index in [1.54, 1.807) is 11.3 Å². The van der Waals surface area contributed by atoms with Gasteiger partial charge in [0.05, 0.1) is 12.2 Å². The third-order valence-corrected chi connectivity index (χ3v) is 4.52. The maximum atomic E-state index is 11.8. The van der Waals surface area contributed by atoms with E-state index in [-0.39, 0.29) is 18.0 Å². The number of fused-ring (bicyclic) bond motifs is 1. The number of H-pyrrole nitrogens is 2. The molecule has 1 amide bonds. The normalized spacial score (nSPS) is 11.2. The average Bonchev–Trinajstić information content (AvgIpc) is 3.14. The molecule has 0 fully saturated rings. The van der Waals surface area contributed by atoms with Crippen molar-refractivity contribution in [3.63, 3.8) is 0 Å². The molecule has 0 atom stereocenters. The lowest BCUT2D eigenvalue weighted by Gasteiger charge is -2.01. The number of carbonyl (C=O) groups excluding carboxylic acids is 1. The van der Waals surface area contributed by atoms with Crippen molar-refractivity contribution in [1.82, 2.24) is 29.9 Å². The first-order valence-electron chi connectivity index (χ1n) is 6.87. The van der Waals surface area contributed by atoms with E-state index < -0.39 is 0 Å². The van der Waals surface area contributed by atoms with Crippen LogP contribution in [0.5, 0.6) is 0 Å². The molecule has 0 saturated carbocycles. The van der Waals surface area contributed by atoms with Gasteiger partial charge in [0.2, 0.25) is 5.91 Å². The Bertz CT molecular complexity index is 871. The molecule has 0 aliphatic rings. The molecule has 3 aromatic heterocycles. The molecule has 0 bridgehead atoms. The van der Waals surface area contributed by atoms with E-state index in [0.717, 1.165) is 10.7 Å². The van der Waals surface area contributed by atoms with E-state index in [1.165, 1.54) is 10.6 Å². The highest BCUT2D eigenvalue weighted by Gasteiger charge is 2.10. The maximum absolute atomic E-state index is 11.8. The highest BCUT2D eigenvalue weighted by molar-refractivity contribution is 7.17. The molecule has 22 heavy (non-hydrogen) atoms. The van der Waals surface area contributed by atoms with Gasteiger partial charge in [0, 0.05) is 29.6 Å². The number of nitrogens with one attached hydrogen (secondary N) is 3. The van der Waals surface area contributed by atoms with Gasteiger partial charge in [0.25, 0.3) is 0 Å². The van der Waals surface area contributed by atoms with E-state index in [2.05, 4.69) is 32.4 Å². The van der Waals surface area contributed by atoms with E-state index in [1.807, 2.05) is 17.5 Å². The van der Waals surface area contributed by atoms with Crippen LogP contribution in [0.3, 0.4) is 0 Å². The van der Waals surface area contributed by atoms with Crippen LogP contribution in [-0.4, -0.2) is 30.5 Å². The average molecular weight is 320 g/mol. The van der Waals surface area contributed by atoms with Crippen LogP contribution in [0.1, 0.15) is 28.5 Å². The molecule has 3 rings (SSSR count). The lowest BCUT2D eigenvalue weighted by Crippen LogP contribution is -2.23. The second kappa shape index (κ2) is 5.76. The minimum atomic E-state index is -0.362. The summed E-state index contributed by atoms with van der Waals surface area (Å²) in [5.74, 6) is 0.377. The number of hydrogen-bond donors (Lipinski definition) is 3. The summed E-state index contributed by atoms with van der Waals surface area (Å²) in [4.78, 5) is 31.9. The summed E-state index contributed by atoms with van der Waals surface area (Å²) in [5.41, 5.74) is 1.64. The summed E-state index contributed by atoms with van der Waals surface area (Å²) in [6.07, 6.45) is 2.60. The third-order valence-electron chi connectivity index (χ3n) is 3.44. The molecule has 116 valence electrons. The highest BCUT2D eigenvalue weighted by Crippen LogP contribution is 2.21. The van der Waals surface area contributed by atoms with Crippen molar-refractivity contribution in [3.05, 3.63) is 38.8 Å². The number of rotatable bonds is 5. The molecular formula is C13H16N6O2S. The summed E-state index contributed by atoms with van der Waals surface area (Å²) in [5, 5.41) is 8.85. The molecule has 0 saturated heterocycles. The minimum absolute atomic E-state index is 0.104. The van der Waals surface area contributed by atoms with Crippen molar-refractivity contribution >= 4 is 22.2 Å². The van der Waals surface area contributed by atoms with Crippen LogP contribution in [-0.2, 0) is 17.8 Å². The Morgan fingerprint density at radius 1 is 1.45 bits per heavy atom. The summed E-state index contributed by atoms with van der Waals surface area (Å²) < 4.78 is 2.04. The topological polar surface area (TPSA) is 108 Å². The fourth-order valence-electron chi connectivity index (χ4n) is 2.12. The summed E-state index contributed by atoms with van der Waals surface area (Å²) in [6.45, 7) is 4.51. The Labute approximate surface area is 129 Å². The molecule has 0 aromatic carbocycles. The number of aryl methyl sites for hydroxylation is 3. The Morgan fingerprint density at radius 3 is 2.95 bits per heavy atom. The first kappa shape index (κ1) is 14.5. The number of aromatic nitrogens is 5. The number of nitrogens with zero attached hydrogens (tertiary/aromatic N) is 3. The monoisotopic (exact) mass is 320 g/mol. The zero-order valence-electron chi connectivity index (χ0n) is 12.3. The Balaban J connectivity index is 1.54. The van der Waals surface area contributed by atoms with Crippen molar-refractivity contribution in [2.45, 2.75) is 33.2 Å². The van der Waals surface area contributed by atoms with Crippen molar-refractivity contribution in [2.75, 3.05) is 0 Å². The second-order valence-corrected chi connectivity index (χ2v) is 6.21. The molecule has 9 heteroatoms. The van der Waals surface area contributed by atoms with E-state index in [0.29, 0.717) is 18.8 Å². The van der Waals surface area contributed by atoms with Gasteiger partial charge in [-0.15, -0.1) is 11.3 Å². The molecule has 0 aliphatic carbocycles. The van der Waals surface area contributed by atoms with Gasteiger partial charge in [-0.1, -0.05) is 0 Å². The smallest absolute Gasteiger partial charge is 0.340 e. The van der Waals surface area contributed by atoms with Crippen molar-refractivity contribution in [1.29, 1.82) is 0 Å². The fourth-order valence-corrected chi connectivity index (χ4v) is 3.09. The van der Waals surface area contributed by atoms with Crippen LogP contribution in [0.4, 0.5) is 0 Å². The summed E-state index contributed by atoms with van der Waals surface area (Å²) >= 11 is 1.64. The lowest BCUT2D eigenvalue weighted by atomic mass is 10.3. The predicted molar refractivity (Wildman–Crippen MR) is 81.9 cm³/mol. The number of carbonyl (C=O) groups is 1. The van der Waals surface area contributed by atoms with Crippen LogP contribution in [0, 0.1) is 13.8 Å². The van der Waals surface area contributed by atoms with Gasteiger partial charge in [0.1, 0.15) is 5.82 Å². The second-order valence-electron chi connectivity index (χ2n) is 5.03. The molecule has 3 aromatic rings. The highest BCUT2D eigenvalue weighted by atomic mass is 32.1. The number of thiazole rings is 1. The first-order chi connectivity index (χ1) is 10.5. The fraction of sp³-hybridized carbons (Fsp3) is 0.385. The van der Waals surface area contributed by atoms with Gasteiger partial charge in [0.15, 0.2) is 4.96 Å². The minimum Gasteiger partial charge on any atom is -0.350 e. The zero-order chi connectivity index (χ0) is 15.7. The van der Waals surface area contributed by atoms with E-state index in [4.69, 9.17) is 0 Å². The largest absolute Gasteiger partial charge is 0.350 e. The molecule has 0 aliphatic heterocycles. The van der Waals surface area contributed by atoms with E-state index in [9.17, 15) is 9.59 Å². The quantitative estimate of drug-likeness (QED) is 0.642.